The van der Waals surface area contributed by atoms with Crippen LogP contribution in [0.25, 0.3) is 0 Å². The van der Waals surface area contributed by atoms with Crippen molar-refractivity contribution in [2.24, 2.45) is 5.92 Å². The topological polar surface area (TPSA) is 73.9 Å². The Morgan fingerprint density at radius 3 is 2.65 bits per heavy atom. The largest absolute Gasteiger partial charge is 0.493 e. The molecule has 2 rings (SSSR count). The number of ether oxygens (including phenoxy) is 3. The minimum atomic E-state index is -0.396. The molecule has 1 aliphatic rings. The van der Waals surface area contributed by atoms with Crippen molar-refractivity contribution in [1.82, 2.24) is 0 Å². The Bertz CT molecular complexity index is 597. The Balaban J connectivity index is 1.80. The van der Waals surface area contributed by atoms with E-state index >= 15 is 0 Å². The number of allylic oxidation sites excluding steroid dienone is 2. The molecule has 1 aliphatic carbocycles. The van der Waals surface area contributed by atoms with Crippen molar-refractivity contribution in [1.29, 1.82) is 0 Å². The first-order chi connectivity index (χ1) is 11.1. The van der Waals surface area contributed by atoms with Crippen molar-refractivity contribution in [3.63, 3.8) is 0 Å². The summed E-state index contributed by atoms with van der Waals surface area (Å²) in [6, 6.07) is 5.01. The molecular weight excluding hydrogens is 298 g/mol. The summed E-state index contributed by atoms with van der Waals surface area (Å²) in [6.07, 6.45) is 6.36. The Morgan fingerprint density at radius 2 is 2.00 bits per heavy atom. The second kappa shape index (κ2) is 8.22. The summed E-state index contributed by atoms with van der Waals surface area (Å²) in [6.45, 7) is -0.302. The van der Waals surface area contributed by atoms with Gasteiger partial charge in [-0.3, -0.25) is 9.59 Å². The zero-order valence-electron chi connectivity index (χ0n) is 13.3. The number of esters is 1. The van der Waals surface area contributed by atoms with Gasteiger partial charge in [0.05, 0.1) is 20.6 Å². The van der Waals surface area contributed by atoms with E-state index in [2.05, 4.69) is 11.4 Å². The van der Waals surface area contributed by atoms with Crippen molar-refractivity contribution < 1.29 is 23.8 Å². The van der Waals surface area contributed by atoms with Gasteiger partial charge in [0.2, 0.25) is 0 Å². The highest BCUT2D eigenvalue weighted by Gasteiger charge is 2.16. The van der Waals surface area contributed by atoms with Crippen LogP contribution in [0.15, 0.2) is 30.4 Å². The molecule has 0 radical (unpaired) electrons. The van der Waals surface area contributed by atoms with Gasteiger partial charge in [-0.05, 0) is 30.9 Å². The van der Waals surface area contributed by atoms with Crippen molar-refractivity contribution >= 4 is 17.6 Å². The zero-order chi connectivity index (χ0) is 16.7. The minimum absolute atomic E-state index is 0.233. The van der Waals surface area contributed by atoms with Crippen LogP contribution in [-0.2, 0) is 14.3 Å². The third-order valence-electron chi connectivity index (χ3n) is 3.57. The standard InChI is InChI=1S/C17H21NO5/c1-21-14-8-7-13(10-15(14)22-2)18-16(19)11-23-17(20)9-12-5-3-4-6-12/h3,5,7-8,10,12H,4,6,9,11H2,1-2H3,(H,18,19)/t12-/m1/s1. The van der Waals surface area contributed by atoms with Crippen LogP contribution in [0.2, 0.25) is 0 Å². The molecule has 0 spiro atoms. The zero-order valence-corrected chi connectivity index (χ0v) is 13.3. The van der Waals surface area contributed by atoms with E-state index in [-0.39, 0.29) is 18.5 Å². The molecule has 0 unspecified atom stereocenters. The van der Waals surface area contributed by atoms with Crippen molar-refractivity contribution in [3.8, 4) is 11.5 Å². The quantitative estimate of drug-likeness (QED) is 0.617. The highest BCUT2D eigenvalue weighted by Crippen LogP contribution is 2.29. The van der Waals surface area contributed by atoms with E-state index in [0.717, 1.165) is 12.8 Å². The van der Waals surface area contributed by atoms with Gasteiger partial charge in [-0.2, -0.15) is 0 Å². The summed E-state index contributed by atoms with van der Waals surface area (Å²) in [5.41, 5.74) is 0.544. The Hall–Kier alpha value is -2.50. The molecule has 0 bridgehead atoms. The average Bonchev–Trinajstić information content (AvgIpc) is 3.05. The highest BCUT2D eigenvalue weighted by atomic mass is 16.5. The second-order valence-electron chi connectivity index (χ2n) is 5.25. The number of benzene rings is 1. The summed E-state index contributed by atoms with van der Waals surface area (Å²) in [4.78, 5) is 23.5. The Kier molecular flexibility index (Phi) is 6.02. The van der Waals surface area contributed by atoms with Crippen LogP contribution in [0, 0.1) is 5.92 Å². The summed E-state index contributed by atoms with van der Waals surface area (Å²) in [7, 11) is 3.05. The van der Waals surface area contributed by atoms with Crippen molar-refractivity contribution in [2.75, 3.05) is 26.1 Å². The number of hydrogen-bond acceptors (Lipinski definition) is 5. The molecule has 0 fully saturated rings. The number of carbonyl (C=O) groups excluding carboxylic acids is 2. The van der Waals surface area contributed by atoms with Crippen LogP contribution in [0.5, 0.6) is 11.5 Å². The van der Waals surface area contributed by atoms with E-state index in [1.165, 1.54) is 14.2 Å². The maximum Gasteiger partial charge on any atom is 0.306 e. The molecule has 0 heterocycles. The number of nitrogens with one attached hydrogen (secondary N) is 1. The number of anilines is 1. The van der Waals surface area contributed by atoms with E-state index in [0.29, 0.717) is 23.6 Å². The van der Waals surface area contributed by atoms with Crippen molar-refractivity contribution in [3.05, 3.63) is 30.4 Å². The van der Waals surface area contributed by atoms with E-state index in [9.17, 15) is 9.59 Å². The molecule has 23 heavy (non-hydrogen) atoms. The highest BCUT2D eigenvalue weighted by molar-refractivity contribution is 5.93. The van der Waals surface area contributed by atoms with E-state index in [1.807, 2.05) is 6.08 Å². The van der Waals surface area contributed by atoms with Gasteiger partial charge in [0.25, 0.3) is 5.91 Å². The molecule has 0 aliphatic heterocycles. The lowest BCUT2D eigenvalue weighted by atomic mass is 10.1. The van der Waals surface area contributed by atoms with Crippen LogP contribution in [0.4, 0.5) is 5.69 Å². The first-order valence-electron chi connectivity index (χ1n) is 7.46. The number of methoxy groups -OCH3 is 2. The third-order valence-corrected chi connectivity index (χ3v) is 3.57. The second-order valence-corrected chi connectivity index (χ2v) is 5.25. The normalized spacial score (nSPS) is 16.0. The predicted octanol–water partition coefficient (Wildman–Crippen LogP) is 2.54. The number of amides is 1. The maximum absolute atomic E-state index is 11.8. The SMILES string of the molecule is COc1ccc(NC(=O)COC(=O)C[C@@H]2C=CCC2)cc1OC. The van der Waals surface area contributed by atoms with Crippen LogP contribution in [0.1, 0.15) is 19.3 Å². The first kappa shape index (κ1) is 16.9. The number of hydrogen-bond donors (Lipinski definition) is 1. The lowest BCUT2D eigenvalue weighted by molar-refractivity contribution is -0.147. The molecule has 0 saturated heterocycles. The molecule has 0 saturated carbocycles. The van der Waals surface area contributed by atoms with E-state index < -0.39 is 5.91 Å². The average molecular weight is 319 g/mol. The number of rotatable bonds is 7. The van der Waals surface area contributed by atoms with Gasteiger partial charge in [-0.25, -0.2) is 0 Å². The van der Waals surface area contributed by atoms with Crippen LogP contribution in [-0.4, -0.2) is 32.7 Å². The lowest BCUT2D eigenvalue weighted by Gasteiger charge is -2.11. The molecule has 6 nitrogen and oxygen atoms in total. The van der Waals surface area contributed by atoms with Gasteiger partial charge in [-0.15, -0.1) is 0 Å². The smallest absolute Gasteiger partial charge is 0.306 e. The molecule has 1 N–H and O–H groups in total. The Morgan fingerprint density at radius 1 is 1.22 bits per heavy atom. The predicted molar refractivity (Wildman–Crippen MR) is 85.6 cm³/mol. The van der Waals surface area contributed by atoms with E-state index in [4.69, 9.17) is 14.2 Å². The van der Waals surface area contributed by atoms with Gasteiger partial charge in [0, 0.05) is 11.8 Å². The van der Waals surface area contributed by atoms with Crippen LogP contribution >= 0.6 is 0 Å². The fourth-order valence-corrected chi connectivity index (χ4v) is 2.40. The summed E-state index contributed by atoms with van der Waals surface area (Å²) in [5, 5.41) is 2.65. The molecular formula is C17H21NO5. The van der Waals surface area contributed by atoms with Crippen LogP contribution in [0.3, 0.4) is 0 Å². The molecule has 1 aromatic rings. The molecule has 6 heteroatoms. The summed E-state index contributed by atoms with van der Waals surface area (Å²) < 4.78 is 15.3. The van der Waals surface area contributed by atoms with Gasteiger partial charge in [0.15, 0.2) is 18.1 Å². The van der Waals surface area contributed by atoms with Gasteiger partial charge in [0.1, 0.15) is 0 Å². The molecule has 0 aromatic heterocycles. The molecule has 124 valence electrons. The van der Waals surface area contributed by atoms with Gasteiger partial charge in [-0.1, -0.05) is 12.2 Å². The first-order valence-corrected chi connectivity index (χ1v) is 7.46. The summed E-state index contributed by atoms with van der Waals surface area (Å²) >= 11 is 0. The fourth-order valence-electron chi connectivity index (χ4n) is 2.40. The van der Waals surface area contributed by atoms with Crippen molar-refractivity contribution in [2.45, 2.75) is 19.3 Å². The third kappa shape index (κ3) is 5.02. The summed E-state index contributed by atoms with van der Waals surface area (Å²) in [5.74, 6) is 0.560. The van der Waals surface area contributed by atoms with E-state index in [1.54, 1.807) is 18.2 Å². The van der Waals surface area contributed by atoms with Gasteiger partial charge < -0.3 is 19.5 Å². The molecule has 1 aromatic carbocycles. The van der Waals surface area contributed by atoms with Gasteiger partial charge >= 0.3 is 5.97 Å². The number of carbonyl (C=O) groups is 2. The molecule has 1 amide bonds. The van der Waals surface area contributed by atoms with Crippen LogP contribution < -0.4 is 14.8 Å². The Labute approximate surface area is 135 Å². The molecule has 1 atom stereocenters. The maximum atomic E-state index is 11.8. The lowest BCUT2D eigenvalue weighted by Crippen LogP contribution is -2.21. The fraction of sp³-hybridized carbons (Fsp3) is 0.412. The monoisotopic (exact) mass is 319 g/mol. The minimum Gasteiger partial charge on any atom is -0.493 e.